The fourth-order valence-electron chi connectivity index (χ4n) is 3.49. The number of hydrogen-bond acceptors (Lipinski definition) is 7. The van der Waals surface area contributed by atoms with Gasteiger partial charge in [0.15, 0.2) is 0 Å². The predicted molar refractivity (Wildman–Crippen MR) is 115 cm³/mol. The monoisotopic (exact) mass is 466 g/mol. The second kappa shape index (κ2) is 10.9. The summed E-state index contributed by atoms with van der Waals surface area (Å²) < 4.78 is 44.3. The third-order valence-corrected chi connectivity index (χ3v) is 6.89. The minimum absolute atomic E-state index is 0.0168. The number of nitrogens with two attached hydrogens (primary N) is 1. The van der Waals surface area contributed by atoms with Crippen LogP contribution in [0.25, 0.3) is 11.3 Å². The third-order valence-electron chi connectivity index (χ3n) is 5.30. The van der Waals surface area contributed by atoms with Crippen LogP contribution in [0, 0.1) is 5.82 Å². The number of hydroxylamine groups is 1. The molecule has 0 aliphatic carbocycles. The smallest absolute Gasteiger partial charge is 0.267 e. The minimum Gasteiger partial charge on any atom is -0.379 e. The van der Waals surface area contributed by atoms with Crippen molar-refractivity contribution in [2.45, 2.75) is 30.2 Å². The maximum atomic E-state index is 13.4. The van der Waals surface area contributed by atoms with Crippen LogP contribution in [0.5, 0.6) is 0 Å². The molecule has 1 saturated heterocycles. The summed E-state index contributed by atoms with van der Waals surface area (Å²) in [5.41, 5.74) is 6.21. The van der Waals surface area contributed by atoms with E-state index < -0.39 is 27.8 Å². The molecule has 3 rings (SSSR count). The maximum absolute atomic E-state index is 13.4. The first-order valence-corrected chi connectivity index (χ1v) is 11.8. The van der Waals surface area contributed by atoms with Gasteiger partial charge in [0.2, 0.25) is 5.91 Å². The highest BCUT2D eigenvalue weighted by molar-refractivity contribution is 7.89. The Balaban J connectivity index is 1.64. The van der Waals surface area contributed by atoms with Crippen molar-refractivity contribution < 1.29 is 27.5 Å². The van der Waals surface area contributed by atoms with E-state index in [9.17, 15) is 22.8 Å². The van der Waals surface area contributed by atoms with Crippen molar-refractivity contribution in [3.8, 4) is 11.3 Å². The van der Waals surface area contributed by atoms with Crippen LogP contribution >= 0.6 is 0 Å². The number of benzene rings is 1. The molecule has 1 amide bonds. The van der Waals surface area contributed by atoms with Crippen LogP contribution in [-0.2, 0) is 19.6 Å². The number of carbonyl (C=O) groups is 1. The molecule has 9 nitrogen and oxygen atoms in total. The second-order valence-electron chi connectivity index (χ2n) is 7.54. The number of nitrogens with zero attached hydrogens (tertiary/aromatic N) is 3. The van der Waals surface area contributed by atoms with Gasteiger partial charge in [-0.25, -0.2) is 12.8 Å². The largest absolute Gasteiger partial charge is 0.379 e. The van der Waals surface area contributed by atoms with Gasteiger partial charge in [-0.05, 0) is 50.1 Å². The number of rotatable bonds is 10. The van der Waals surface area contributed by atoms with Gasteiger partial charge in [0.25, 0.3) is 10.0 Å². The third kappa shape index (κ3) is 6.08. The van der Waals surface area contributed by atoms with Crippen molar-refractivity contribution in [2.75, 3.05) is 32.8 Å². The van der Waals surface area contributed by atoms with Crippen LogP contribution in [0.15, 0.2) is 47.5 Å². The number of ether oxygens (including phenoxy) is 1. The van der Waals surface area contributed by atoms with Crippen LogP contribution in [0.2, 0.25) is 0 Å². The van der Waals surface area contributed by atoms with E-state index in [-0.39, 0.29) is 15.8 Å². The van der Waals surface area contributed by atoms with Gasteiger partial charge in [0.1, 0.15) is 16.8 Å². The molecule has 1 fully saturated rings. The summed E-state index contributed by atoms with van der Waals surface area (Å²) in [6.45, 7) is 3.81. The lowest BCUT2D eigenvalue weighted by atomic mass is 10.1. The fraction of sp³-hybridized carbons (Fsp3) is 0.429. The Morgan fingerprint density at radius 3 is 2.62 bits per heavy atom. The van der Waals surface area contributed by atoms with E-state index in [0.717, 1.165) is 32.3 Å². The van der Waals surface area contributed by atoms with E-state index in [2.05, 4.69) is 9.88 Å². The van der Waals surface area contributed by atoms with Gasteiger partial charge < -0.3 is 10.5 Å². The number of sulfonamides is 1. The number of carbonyl (C=O) groups excluding carboxylic acids is 1. The molecule has 32 heavy (non-hydrogen) atoms. The Morgan fingerprint density at radius 1 is 1.25 bits per heavy atom. The van der Waals surface area contributed by atoms with Crippen molar-refractivity contribution >= 4 is 15.9 Å². The number of hydrogen-bond donors (Lipinski definition) is 2. The Bertz CT molecular complexity index is 1010. The average molecular weight is 467 g/mol. The van der Waals surface area contributed by atoms with E-state index in [1.807, 2.05) is 0 Å². The summed E-state index contributed by atoms with van der Waals surface area (Å²) in [7, 11) is -4.42. The summed E-state index contributed by atoms with van der Waals surface area (Å²) in [4.78, 5) is 17.8. The van der Waals surface area contributed by atoms with E-state index in [4.69, 9.17) is 10.5 Å². The molecule has 0 spiro atoms. The summed E-state index contributed by atoms with van der Waals surface area (Å²) in [5, 5.41) is 10.4. The van der Waals surface area contributed by atoms with Gasteiger partial charge in [0.05, 0.1) is 18.9 Å². The molecule has 2 aromatic rings. The standard InChI is InChI=1S/C21H27FN4O5S/c22-17-5-3-4-16(14-17)19-8-7-18(15-24-19)32(29,30)26(28)20(21(23)27)6-1-2-9-25-10-12-31-13-11-25/h3-5,7-8,14-15,20,28H,1-2,6,9-13H2,(H2,23,27)/t20-/m1/s1. The van der Waals surface area contributed by atoms with E-state index >= 15 is 0 Å². The molecule has 1 aliphatic rings. The summed E-state index contributed by atoms with van der Waals surface area (Å²) in [6, 6.07) is 6.96. The van der Waals surface area contributed by atoms with Crippen molar-refractivity contribution in [1.82, 2.24) is 14.4 Å². The SMILES string of the molecule is NC(=O)[C@@H](CCCCN1CCOCC1)N(O)S(=O)(=O)c1ccc(-c2cccc(F)c2)nc1. The van der Waals surface area contributed by atoms with E-state index in [0.29, 0.717) is 30.9 Å². The predicted octanol–water partition coefficient (Wildman–Crippen LogP) is 1.62. The zero-order valence-electron chi connectivity index (χ0n) is 17.6. The lowest BCUT2D eigenvalue weighted by molar-refractivity contribution is -0.131. The molecule has 174 valence electrons. The summed E-state index contributed by atoms with van der Waals surface area (Å²) in [6.07, 6.45) is 2.37. The number of halogens is 1. The molecule has 1 aromatic carbocycles. The quantitative estimate of drug-likeness (QED) is 0.402. The number of unbranched alkanes of at least 4 members (excludes halogenated alkanes) is 1. The first-order valence-electron chi connectivity index (χ1n) is 10.3. The van der Waals surface area contributed by atoms with Crippen LogP contribution in [-0.4, -0.2) is 72.8 Å². The topological polar surface area (TPSA) is 126 Å². The van der Waals surface area contributed by atoms with E-state index in [1.54, 1.807) is 6.07 Å². The number of primary amides is 1. The first-order chi connectivity index (χ1) is 15.3. The van der Waals surface area contributed by atoms with Crippen LogP contribution in [0.4, 0.5) is 4.39 Å². The Labute approximate surface area is 186 Å². The van der Waals surface area contributed by atoms with Crippen molar-refractivity contribution in [3.63, 3.8) is 0 Å². The molecule has 0 radical (unpaired) electrons. The number of morpholine rings is 1. The van der Waals surface area contributed by atoms with Crippen LogP contribution in [0.1, 0.15) is 19.3 Å². The van der Waals surface area contributed by atoms with Gasteiger partial charge >= 0.3 is 0 Å². The fourth-order valence-corrected chi connectivity index (χ4v) is 4.67. The van der Waals surface area contributed by atoms with E-state index in [1.165, 1.54) is 30.3 Å². The molecule has 0 saturated carbocycles. The van der Waals surface area contributed by atoms with Crippen molar-refractivity contribution in [2.24, 2.45) is 5.73 Å². The summed E-state index contributed by atoms with van der Waals surface area (Å²) in [5.74, 6) is -1.38. The minimum atomic E-state index is -4.42. The zero-order valence-corrected chi connectivity index (χ0v) is 18.4. The zero-order chi connectivity index (χ0) is 23.1. The van der Waals surface area contributed by atoms with Crippen LogP contribution < -0.4 is 5.73 Å². The molecule has 11 heteroatoms. The molecule has 0 unspecified atom stereocenters. The molecular weight excluding hydrogens is 439 g/mol. The lowest BCUT2D eigenvalue weighted by Gasteiger charge is -2.27. The highest BCUT2D eigenvalue weighted by Crippen LogP contribution is 2.22. The number of aromatic nitrogens is 1. The highest BCUT2D eigenvalue weighted by Gasteiger charge is 2.34. The molecule has 3 N–H and O–H groups in total. The lowest BCUT2D eigenvalue weighted by Crippen LogP contribution is -2.46. The maximum Gasteiger partial charge on any atom is 0.267 e. The normalized spacial score (nSPS) is 16.2. The Morgan fingerprint density at radius 2 is 2.00 bits per heavy atom. The number of amides is 1. The molecule has 1 aromatic heterocycles. The van der Waals surface area contributed by atoms with Gasteiger partial charge in [-0.15, -0.1) is 0 Å². The van der Waals surface area contributed by atoms with Gasteiger partial charge in [-0.2, -0.15) is 0 Å². The van der Waals surface area contributed by atoms with Crippen LogP contribution in [0.3, 0.4) is 0 Å². The molecule has 0 bridgehead atoms. The molecule has 2 heterocycles. The highest BCUT2D eigenvalue weighted by atomic mass is 32.2. The molecule has 1 aliphatic heterocycles. The van der Waals surface area contributed by atoms with Gasteiger partial charge in [-0.1, -0.05) is 16.6 Å². The molecule has 1 atom stereocenters. The van der Waals surface area contributed by atoms with Crippen molar-refractivity contribution in [3.05, 3.63) is 48.4 Å². The summed E-state index contributed by atoms with van der Waals surface area (Å²) >= 11 is 0. The first kappa shape index (κ1) is 24.2. The van der Waals surface area contributed by atoms with Crippen molar-refractivity contribution in [1.29, 1.82) is 0 Å². The number of pyridine rings is 1. The van der Waals surface area contributed by atoms with Gasteiger partial charge in [-0.3, -0.25) is 19.9 Å². The Kier molecular flexibility index (Phi) is 8.26. The second-order valence-corrected chi connectivity index (χ2v) is 9.33. The average Bonchev–Trinajstić information content (AvgIpc) is 2.79. The molecular formula is C21H27FN4O5S. The van der Waals surface area contributed by atoms with Gasteiger partial charge in [0, 0.05) is 24.8 Å². The Hall–Kier alpha value is -2.44.